The molecule has 0 amide bonds. The molecule has 0 bridgehead atoms. The molecule has 3 aromatic heterocycles. The number of anilines is 1. The maximum atomic E-state index is 13.2. The van der Waals surface area contributed by atoms with Crippen LogP contribution in [0.2, 0.25) is 5.02 Å². The van der Waals surface area contributed by atoms with Crippen molar-refractivity contribution in [1.82, 2.24) is 24.3 Å². The molecule has 7 nitrogen and oxygen atoms in total. The van der Waals surface area contributed by atoms with Gasteiger partial charge in [-0.2, -0.15) is 5.10 Å². The average molecular weight is 493 g/mol. The quantitative estimate of drug-likeness (QED) is 0.443. The summed E-state index contributed by atoms with van der Waals surface area (Å²) < 4.78 is 4.38. The molecular formula is C18H14ClIN6O. The number of hydrogen-bond acceptors (Lipinski definition) is 5. The highest BCUT2D eigenvalue weighted by Crippen LogP contribution is 2.36. The smallest absolute Gasteiger partial charge is 0.260 e. The molecule has 0 unspecified atom stereocenters. The minimum atomic E-state index is -0.0455. The van der Waals surface area contributed by atoms with Crippen molar-refractivity contribution < 1.29 is 0 Å². The lowest BCUT2D eigenvalue weighted by Gasteiger charge is -2.15. The molecule has 3 heterocycles. The van der Waals surface area contributed by atoms with Gasteiger partial charge in [0.2, 0.25) is 0 Å². The van der Waals surface area contributed by atoms with Crippen LogP contribution in [-0.2, 0) is 6.54 Å². The summed E-state index contributed by atoms with van der Waals surface area (Å²) in [7, 11) is 0. The van der Waals surface area contributed by atoms with Gasteiger partial charge in [0.05, 0.1) is 22.3 Å². The van der Waals surface area contributed by atoms with Crippen molar-refractivity contribution in [3.63, 3.8) is 0 Å². The summed E-state index contributed by atoms with van der Waals surface area (Å²) in [6, 6.07) is 7.76. The third-order valence-electron chi connectivity index (χ3n) is 4.85. The molecule has 0 atom stereocenters. The summed E-state index contributed by atoms with van der Waals surface area (Å²) in [6.45, 7) is 0.421. The molecule has 1 saturated carbocycles. The lowest BCUT2D eigenvalue weighted by atomic mass is 10.1. The summed E-state index contributed by atoms with van der Waals surface area (Å²) >= 11 is 8.44. The van der Waals surface area contributed by atoms with Crippen LogP contribution >= 0.6 is 34.2 Å². The van der Waals surface area contributed by atoms with E-state index in [2.05, 4.69) is 37.7 Å². The molecule has 136 valence electrons. The van der Waals surface area contributed by atoms with Gasteiger partial charge >= 0.3 is 0 Å². The molecule has 2 N–H and O–H groups in total. The van der Waals surface area contributed by atoms with E-state index in [-0.39, 0.29) is 11.6 Å². The summed E-state index contributed by atoms with van der Waals surface area (Å²) in [6.07, 6.45) is 3.42. The third-order valence-corrected chi connectivity index (χ3v) is 5.92. The Morgan fingerprint density at radius 1 is 1.26 bits per heavy atom. The Morgan fingerprint density at radius 2 is 2.07 bits per heavy atom. The molecule has 0 radical (unpaired) electrons. The number of rotatable bonds is 3. The first-order valence-electron chi connectivity index (χ1n) is 8.49. The fourth-order valence-electron chi connectivity index (χ4n) is 3.49. The zero-order chi connectivity index (χ0) is 18.7. The van der Waals surface area contributed by atoms with Gasteiger partial charge in [0, 0.05) is 11.7 Å². The maximum absolute atomic E-state index is 13.2. The summed E-state index contributed by atoms with van der Waals surface area (Å²) in [5, 5.41) is 7.20. The molecule has 1 aliphatic carbocycles. The van der Waals surface area contributed by atoms with Crippen LogP contribution in [0, 0.1) is 3.70 Å². The van der Waals surface area contributed by atoms with Gasteiger partial charge in [-0.3, -0.25) is 4.79 Å². The SMILES string of the molecule is Nc1ncnc2c1c(I)nn2Cc1cc2cccc(Cl)c2c(=O)n1C1CC1. The Morgan fingerprint density at radius 3 is 2.85 bits per heavy atom. The largest absolute Gasteiger partial charge is 0.383 e. The van der Waals surface area contributed by atoms with E-state index in [0.717, 1.165) is 33.0 Å². The van der Waals surface area contributed by atoms with Crippen molar-refractivity contribution in [2.75, 3.05) is 5.73 Å². The van der Waals surface area contributed by atoms with Gasteiger partial charge in [0.1, 0.15) is 15.8 Å². The van der Waals surface area contributed by atoms with E-state index in [4.69, 9.17) is 17.3 Å². The summed E-state index contributed by atoms with van der Waals surface area (Å²) in [4.78, 5) is 21.6. The zero-order valence-electron chi connectivity index (χ0n) is 14.1. The number of aromatic nitrogens is 5. The number of halogens is 2. The summed E-state index contributed by atoms with van der Waals surface area (Å²) in [5.41, 5.74) is 7.49. The van der Waals surface area contributed by atoms with E-state index < -0.39 is 0 Å². The second-order valence-electron chi connectivity index (χ2n) is 6.65. The monoisotopic (exact) mass is 492 g/mol. The van der Waals surface area contributed by atoms with Crippen molar-refractivity contribution in [3.05, 3.63) is 55.4 Å². The molecule has 1 fully saturated rings. The number of benzene rings is 1. The lowest BCUT2D eigenvalue weighted by molar-refractivity contribution is 0.604. The van der Waals surface area contributed by atoms with Gasteiger partial charge < -0.3 is 10.3 Å². The predicted octanol–water partition coefficient (Wildman–Crippen LogP) is 3.36. The lowest BCUT2D eigenvalue weighted by Crippen LogP contribution is -2.24. The van der Waals surface area contributed by atoms with Crippen molar-refractivity contribution in [2.45, 2.75) is 25.4 Å². The number of nitrogens with two attached hydrogens (primary N) is 1. The van der Waals surface area contributed by atoms with E-state index >= 15 is 0 Å². The van der Waals surface area contributed by atoms with E-state index in [1.165, 1.54) is 6.33 Å². The minimum absolute atomic E-state index is 0.0455. The minimum Gasteiger partial charge on any atom is -0.383 e. The number of hydrogen-bond donors (Lipinski definition) is 1. The molecule has 5 rings (SSSR count). The van der Waals surface area contributed by atoms with Crippen molar-refractivity contribution in [2.24, 2.45) is 0 Å². The molecule has 0 aliphatic heterocycles. The van der Waals surface area contributed by atoms with Crippen LogP contribution in [-0.4, -0.2) is 24.3 Å². The normalized spacial score (nSPS) is 14.3. The van der Waals surface area contributed by atoms with Crippen molar-refractivity contribution in [1.29, 1.82) is 0 Å². The highest BCUT2D eigenvalue weighted by atomic mass is 127. The maximum Gasteiger partial charge on any atom is 0.260 e. The first kappa shape index (κ1) is 16.9. The fraction of sp³-hybridized carbons (Fsp3) is 0.222. The van der Waals surface area contributed by atoms with Crippen LogP contribution in [0.15, 0.2) is 35.4 Å². The van der Waals surface area contributed by atoms with Crippen LogP contribution in [0.4, 0.5) is 5.82 Å². The predicted molar refractivity (Wildman–Crippen MR) is 113 cm³/mol. The van der Waals surface area contributed by atoms with Crippen LogP contribution < -0.4 is 11.3 Å². The van der Waals surface area contributed by atoms with Crippen molar-refractivity contribution >= 4 is 61.8 Å². The van der Waals surface area contributed by atoms with Gasteiger partial charge in [-0.1, -0.05) is 23.7 Å². The standard InChI is InChI=1S/C18H14ClIN6O/c19-12-3-1-2-9-6-11(26(10-4-5-10)18(27)13(9)12)7-25-17-14(15(20)24-25)16(21)22-8-23-17/h1-3,6,8,10H,4-5,7H2,(H2,21,22,23). The Bertz CT molecular complexity index is 1280. The molecular weight excluding hydrogens is 479 g/mol. The second-order valence-corrected chi connectivity index (χ2v) is 8.08. The van der Waals surface area contributed by atoms with Gasteiger partial charge in [0.25, 0.3) is 5.56 Å². The Balaban J connectivity index is 1.74. The molecule has 1 aromatic carbocycles. The highest BCUT2D eigenvalue weighted by molar-refractivity contribution is 14.1. The average Bonchev–Trinajstić information content (AvgIpc) is 3.40. The van der Waals surface area contributed by atoms with Crippen LogP contribution in [0.1, 0.15) is 24.6 Å². The zero-order valence-corrected chi connectivity index (χ0v) is 17.0. The molecule has 4 aromatic rings. The highest BCUT2D eigenvalue weighted by Gasteiger charge is 2.28. The molecule has 0 saturated heterocycles. The van der Waals surface area contributed by atoms with Crippen LogP contribution in [0.5, 0.6) is 0 Å². The van der Waals surface area contributed by atoms with Gasteiger partial charge in [-0.25, -0.2) is 14.6 Å². The first-order chi connectivity index (χ1) is 13.0. The van der Waals surface area contributed by atoms with E-state index in [0.29, 0.717) is 28.4 Å². The molecule has 1 aliphatic rings. The van der Waals surface area contributed by atoms with E-state index in [1.54, 1.807) is 10.7 Å². The van der Waals surface area contributed by atoms with Gasteiger partial charge in [0.15, 0.2) is 5.65 Å². The van der Waals surface area contributed by atoms with Crippen LogP contribution in [0.25, 0.3) is 21.8 Å². The Labute approximate surface area is 172 Å². The third kappa shape index (κ3) is 2.69. The number of nitrogens with zero attached hydrogens (tertiary/aromatic N) is 5. The fourth-order valence-corrected chi connectivity index (χ4v) is 4.53. The first-order valence-corrected chi connectivity index (χ1v) is 9.95. The number of pyridine rings is 1. The van der Waals surface area contributed by atoms with Gasteiger partial charge in [-0.15, -0.1) is 0 Å². The Kier molecular flexibility index (Phi) is 3.87. The molecule has 9 heteroatoms. The summed E-state index contributed by atoms with van der Waals surface area (Å²) in [5.74, 6) is 0.403. The van der Waals surface area contributed by atoms with Crippen LogP contribution in [0.3, 0.4) is 0 Å². The van der Waals surface area contributed by atoms with Crippen molar-refractivity contribution in [3.8, 4) is 0 Å². The van der Waals surface area contributed by atoms with Gasteiger partial charge in [-0.05, 0) is 53.0 Å². The van der Waals surface area contributed by atoms with E-state index in [9.17, 15) is 4.79 Å². The number of fused-ring (bicyclic) bond motifs is 2. The second kappa shape index (κ2) is 6.16. The Hall–Kier alpha value is -2.20. The number of nitrogen functional groups attached to an aromatic ring is 1. The molecule has 0 spiro atoms. The molecule has 27 heavy (non-hydrogen) atoms. The topological polar surface area (TPSA) is 91.6 Å². The van der Waals surface area contributed by atoms with E-state index in [1.807, 2.05) is 22.8 Å².